The summed E-state index contributed by atoms with van der Waals surface area (Å²) in [6.45, 7) is 6.66. The van der Waals surface area contributed by atoms with Crippen LogP contribution in [-0.4, -0.2) is 26.7 Å². The maximum absolute atomic E-state index is 5.19. The fourth-order valence-corrected chi connectivity index (χ4v) is 3.35. The van der Waals surface area contributed by atoms with Gasteiger partial charge in [0.2, 0.25) is 0 Å². The van der Waals surface area contributed by atoms with Crippen molar-refractivity contribution in [2.45, 2.75) is 32.7 Å². The molecule has 1 fully saturated rings. The maximum Gasteiger partial charge on any atom is 0.118 e. The molecule has 1 saturated heterocycles. The number of rotatable bonds is 7. The highest BCUT2D eigenvalue weighted by Gasteiger charge is 2.15. The molecule has 1 N–H and O–H groups in total. The molecule has 1 aliphatic rings. The zero-order valence-corrected chi connectivity index (χ0v) is 15.5. The van der Waals surface area contributed by atoms with E-state index in [2.05, 4.69) is 53.5 Å². The predicted molar refractivity (Wildman–Crippen MR) is 105 cm³/mol. The van der Waals surface area contributed by atoms with Crippen LogP contribution >= 0.6 is 0 Å². The number of hydrogen-bond donors (Lipinski definition) is 1. The third kappa shape index (κ3) is 5.23. The molecule has 2 aromatic carbocycles. The monoisotopic (exact) mass is 338 g/mol. The van der Waals surface area contributed by atoms with E-state index in [9.17, 15) is 0 Å². The first-order valence-corrected chi connectivity index (χ1v) is 9.42. The van der Waals surface area contributed by atoms with Crippen molar-refractivity contribution in [3.8, 4) is 5.75 Å². The van der Waals surface area contributed by atoms with E-state index in [4.69, 9.17) is 4.74 Å². The van der Waals surface area contributed by atoms with Crippen LogP contribution in [0.1, 0.15) is 30.9 Å². The summed E-state index contributed by atoms with van der Waals surface area (Å²) >= 11 is 0. The summed E-state index contributed by atoms with van der Waals surface area (Å²) in [6.07, 6.45) is 3.66. The smallest absolute Gasteiger partial charge is 0.118 e. The Balaban J connectivity index is 1.41. The molecule has 0 amide bonds. The zero-order chi connectivity index (χ0) is 17.5. The fourth-order valence-electron chi connectivity index (χ4n) is 3.35. The molecule has 1 aliphatic heterocycles. The first-order chi connectivity index (χ1) is 12.2. The van der Waals surface area contributed by atoms with Gasteiger partial charge in [-0.25, -0.2) is 0 Å². The molecule has 0 aromatic heterocycles. The molecular formula is C22H30N2O. The molecule has 0 unspecified atom stereocenters. The van der Waals surface area contributed by atoms with Gasteiger partial charge >= 0.3 is 0 Å². The minimum atomic E-state index is 0.880. The quantitative estimate of drug-likeness (QED) is 0.763. The summed E-state index contributed by atoms with van der Waals surface area (Å²) in [7, 11) is 1.70. The largest absolute Gasteiger partial charge is 0.497 e. The molecule has 0 bridgehead atoms. The standard InChI is InChI=1S/C22H30N2O/c1-18-12-15-24(16-13-18)21-7-3-20(4-8-21)17-23-14-11-19-5-9-22(25-2)10-6-19/h3-10,18,23H,11-17H2,1-2H3. The number of hydrogen-bond acceptors (Lipinski definition) is 3. The Kier molecular flexibility index (Phi) is 6.35. The lowest BCUT2D eigenvalue weighted by atomic mass is 9.99. The fraction of sp³-hybridized carbons (Fsp3) is 0.455. The van der Waals surface area contributed by atoms with Crippen molar-refractivity contribution in [3.63, 3.8) is 0 Å². The summed E-state index contributed by atoms with van der Waals surface area (Å²) in [5, 5.41) is 3.54. The molecule has 0 spiro atoms. The number of ether oxygens (including phenoxy) is 1. The molecule has 134 valence electrons. The molecule has 25 heavy (non-hydrogen) atoms. The van der Waals surface area contributed by atoms with E-state index >= 15 is 0 Å². The highest BCUT2D eigenvalue weighted by molar-refractivity contribution is 5.48. The Morgan fingerprint density at radius 1 is 0.960 bits per heavy atom. The van der Waals surface area contributed by atoms with Gasteiger partial charge in [-0.2, -0.15) is 0 Å². The van der Waals surface area contributed by atoms with Gasteiger partial charge in [-0.15, -0.1) is 0 Å². The Morgan fingerprint density at radius 2 is 1.60 bits per heavy atom. The van der Waals surface area contributed by atoms with Crippen LogP contribution in [0, 0.1) is 5.92 Å². The molecule has 0 atom stereocenters. The van der Waals surface area contributed by atoms with Gasteiger partial charge in [0.15, 0.2) is 0 Å². The Morgan fingerprint density at radius 3 is 2.24 bits per heavy atom. The first-order valence-electron chi connectivity index (χ1n) is 9.42. The minimum absolute atomic E-state index is 0.880. The molecule has 0 saturated carbocycles. The van der Waals surface area contributed by atoms with Crippen LogP contribution in [0.4, 0.5) is 5.69 Å². The second-order valence-electron chi connectivity index (χ2n) is 7.11. The van der Waals surface area contributed by atoms with Gasteiger partial charge in [0.25, 0.3) is 0 Å². The summed E-state index contributed by atoms with van der Waals surface area (Å²) in [6, 6.07) is 17.4. The van der Waals surface area contributed by atoms with Crippen LogP contribution in [-0.2, 0) is 13.0 Å². The van der Waals surface area contributed by atoms with E-state index < -0.39 is 0 Å². The van der Waals surface area contributed by atoms with Crippen molar-refractivity contribution in [2.24, 2.45) is 5.92 Å². The van der Waals surface area contributed by atoms with Crippen LogP contribution in [0.5, 0.6) is 5.75 Å². The van der Waals surface area contributed by atoms with E-state index in [1.54, 1.807) is 7.11 Å². The lowest BCUT2D eigenvalue weighted by Gasteiger charge is -2.32. The number of benzene rings is 2. The van der Waals surface area contributed by atoms with Crippen molar-refractivity contribution < 1.29 is 4.74 Å². The van der Waals surface area contributed by atoms with Crippen LogP contribution in [0.3, 0.4) is 0 Å². The van der Waals surface area contributed by atoms with E-state index in [1.807, 2.05) is 12.1 Å². The minimum Gasteiger partial charge on any atom is -0.497 e. The zero-order valence-electron chi connectivity index (χ0n) is 15.5. The van der Waals surface area contributed by atoms with Gasteiger partial charge in [-0.1, -0.05) is 31.2 Å². The average molecular weight is 338 g/mol. The second kappa shape index (κ2) is 8.91. The van der Waals surface area contributed by atoms with Crippen molar-refractivity contribution in [3.05, 3.63) is 59.7 Å². The van der Waals surface area contributed by atoms with Gasteiger partial charge < -0.3 is 15.0 Å². The van der Waals surface area contributed by atoms with Crippen molar-refractivity contribution in [1.29, 1.82) is 0 Å². The second-order valence-corrected chi connectivity index (χ2v) is 7.11. The van der Waals surface area contributed by atoms with Gasteiger partial charge in [-0.05, 0) is 67.1 Å². The molecule has 1 heterocycles. The predicted octanol–water partition coefficient (Wildman–Crippen LogP) is 4.26. The van der Waals surface area contributed by atoms with Gasteiger partial charge in [0.1, 0.15) is 5.75 Å². The molecule has 0 aliphatic carbocycles. The highest BCUT2D eigenvalue weighted by Crippen LogP contribution is 2.23. The average Bonchev–Trinajstić information content (AvgIpc) is 2.67. The number of anilines is 1. The number of nitrogens with zero attached hydrogens (tertiary/aromatic N) is 1. The molecular weight excluding hydrogens is 308 g/mol. The topological polar surface area (TPSA) is 24.5 Å². The van der Waals surface area contributed by atoms with Crippen LogP contribution < -0.4 is 15.0 Å². The van der Waals surface area contributed by atoms with E-state index in [-0.39, 0.29) is 0 Å². The SMILES string of the molecule is COc1ccc(CCNCc2ccc(N3CCC(C)CC3)cc2)cc1. The van der Waals surface area contributed by atoms with Gasteiger partial charge in [0.05, 0.1) is 7.11 Å². The number of nitrogens with one attached hydrogen (secondary N) is 1. The lowest BCUT2D eigenvalue weighted by Crippen LogP contribution is -2.32. The van der Waals surface area contributed by atoms with Gasteiger partial charge in [0, 0.05) is 25.3 Å². The Labute approximate surface area is 152 Å². The molecule has 3 heteroatoms. The molecule has 2 aromatic rings. The third-order valence-corrected chi connectivity index (χ3v) is 5.16. The molecule has 0 radical (unpaired) electrons. The van der Waals surface area contributed by atoms with E-state index in [1.165, 1.54) is 42.7 Å². The number of methoxy groups -OCH3 is 1. The summed E-state index contributed by atoms with van der Waals surface area (Å²) in [5.74, 6) is 1.80. The van der Waals surface area contributed by atoms with E-state index in [0.29, 0.717) is 0 Å². The highest BCUT2D eigenvalue weighted by atomic mass is 16.5. The van der Waals surface area contributed by atoms with Crippen LogP contribution in [0.15, 0.2) is 48.5 Å². The first kappa shape index (κ1) is 17.8. The maximum atomic E-state index is 5.19. The Hall–Kier alpha value is -2.00. The van der Waals surface area contributed by atoms with Gasteiger partial charge in [-0.3, -0.25) is 0 Å². The van der Waals surface area contributed by atoms with Crippen molar-refractivity contribution in [1.82, 2.24) is 5.32 Å². The van der Waals surface area contributed by atoms with Crippen molar-refractivity contribution >= 4 is 5.69 Å². The molecule has 3 rings (SSSR count). The molecule has 3 nitrogen and oxygen atoms in total. The Bertz CT molecular complexity index is 628. The normalized spacial score (nSPS) is 15.4. The summed E-state index contributed by atoms with van der Waals surface area (Å²) < 4.78 is 5.19. The van der Waals surface area contributed by atoms with Crippen LogP contribution in [0.25, 0.3) is 0 Å². The summed E-state index contributed by atoms with van der Waals surface area (Å²) in [4.78, 5) is 2.51. The van der Waals surface area contributed by atoms with Crippen LogP contribution in [0.2, 0.25) is 0 Å². The lowest BCUT2D eigenvalue weighted by molar-refractivity contribution is 0.414. The number of piperidine rings is 1. The summed E-state index contributed by atoms with van der Waals surface area (Å²) in [5.41, 5.74) is 4.06. The third-order valence-electron chi connectivity index (χ3n) is 5.16. The van der Waals surface area contributed by atoms with E-state index in [0.717, 1.165) is 31.2 Å². The van der Waals surface area contributed by atoms with Crippen molar-refractivity contribution in [2.75, 3.05) is 31.6 Å².